The Morgan fingerprint density at radius 2 is 2.24 bits per heavy atom. The van der Waals surface area contributed by atoms with Crippen LogP contribution in [0.4, 0.5) is 5.82 Å². The molecule has 1 aliphatic heterocycles. The predicted octanol–water partition coefficient (Wildman–Crippen LogP) is 3.08. The summed E-state index contributed by atoms with van der Waals surface area (Å²) in [5.41, 5.74) is 0. The minimum atomic E-state index is 0.0399. The van der Waals surface area contributed by atoms with Crippen LogP contribution in [-0.2, 0) is 4.74 Å². The Morgan fingerprint density at radius 1 is 1.38 bits per heavy atom. The standard InChI is InChI=1S/C16H19ClN2O2/c1-11-9-19(10-14(8-17)21-11)16-15-7-13(20-2)4-3-12(15)5-6-18-16/h3-7,11,14H,8-10H2,1-2H3. The third kappa shape index (κ3) is 2.92. The lowest BCUT2D eigenvalue weighted by molar-refractivity contribution is -0.00347. The van der Waals surface area contributed by atoms with E-state index in [9.17, 15) is 0 Å². The molecule has 4 nitrogen and oxygen atoms in total. The first kappa shape index (κ1) is 14.4. The lowest BCUT2D eigenvalue weighted by atomic mass is 10.1. The van der Waals surface area contributed by atoms with Gasteiger partial charge >= 0.3 is 0 Å². The van der Waals surface area contributed by atoms with E-state index in [-0.39, 0.29) is 12.2 Å². The summed E-state index contributed by atoms with van der Waals surface area (Å²) < 4.78 is 11.2. The lowest BCUT2D eigenvalue weighted by Gasteiger charge is -2.37. The van der Waals surface area contributed by atoms with Gasteiger partial charge < -0.3 is 14.4 Å². The molecule has 0 bridgehead atoms. The molecule has 1 aromatic carbocycles. The molecular weight excluding hydrogens is 288 g/mol. The molecule has 1 fully saturated rings. The van der Waals surface area contributed by atoms with E-state index in [0.717, 1.165) is 35.4 Å². The van der Waals surface area contributed by atoms with Crippen molar-refractivity contribution in [2.45, 2.75) is 19.1 Å². The van der Waals surface area contributed by atoms with Gasteiger partial charge in [0, 0.05) is 24.7 Å². The fourth-order valence-corrected chi connectivity index (χ4v) is 2.98. The third-order valence-electron chi connectivity index (χ3n) is 3.75. The molecule has 2 aromatic rings. The normalized spacial score (nSPS) is 22.5. The van der Waals surface area contributed by atoms with Crippen LogP contribution >= 0.6 is 11.6 Å². The van der Waals surface area contributed by atoms with Crippen LogP contribution in [0.15, 0.2) is 30.5 Å². The van der Waals surface area contributed by atoms with E-state index in [0.29, 0.717) is 5.88 Å². The van der Waals surface area contributed by atoms with Crippen molar-refractivity contribution in [1.29, 1.82) is 0 Å². The van der Waals surface area contributed by atoms with E-state index in [1.54, 1.807) is 7.11 Å². The zero-order valence-electron chi connectivity index (χ0n) is 12.3. The number of fused-ring (bicyclic) bond motifs is 1. The maximum Gasteiger partial charge on any atom is 0.136 e. The van der Waals surface area contributed by atoms with Crippen molar-refractivity contribution in [1.82, 2.24) is 4.98 Å². The van der Waals surface area contributed by atoms with E-state index in [1.807, 2.05) is 24.4 Å². The van der Waals surface area contributed by atoms with Crippen LogP contribution in [0.2, 0.25) is 0 Å². The molecule has 2 unspecified atom stereocenters. The minimum Gasteiger partial charge on any atom is -0.497 e. The van der Waals surface area contributed by atoms with Gasteiger partial charge in [-0.2, -0.15) is 0 Å². The SMILES string of the molecule is COc1ccc2ccnc(N3CC(C)OC(CCl)C3)c2c1. The van der Waals surface area contributed by atoms with Crippen LogP contribution in [0.5, 0.6) is 5.75 Å². The van der Waals surface area contributed by atoms with Crippen LogP contribution in [0.3, 0.4) is 0 Å². The van der Waals surface area contributed by atoms with Crippen LogP contribution in [0.25, 0.3) is 10.8 Å². The summed E-state index contributed by atoms with van der Waals surface area (Å²) in [5.74, 6) is 2.30. The van der Waals surface area contributed by atoms with E-state index in [4.69, 9.17) is 21.1 Å². The molecule has 2 heterocycles. The summed E-state index contributed by atoms with van der Waals surface area (Å²) in [6.07, 6.45) is 2.03. The number of methoxy groups -OCH3 is 1. The number of ether oxygens (including phenoxy) is 2. The first-order valence-electron chi connectivity index (χ1n) is 7.10. The molecule has 0 aliphatic carbocycles. The van der Waals surface area contributed by atoms with Gasteiger partial charge in [0.05, 0.1) is 25.2 Å². The topological polar surface area (TPSA) is 34.6 Å². The van der Waals surface area contributed by atoms with Crippen molar-refractivity contribution < 1.29 is 9.47 Å². The summed E-state index contributed by atoms with van der Waals surface area (Å²) >= 11 is 5.97. The number of hydrogen-bond acceptors (Lipinski definition) is 4. The van der Waals surface area contributed by atoms with E-state index < -0.39 is 0 Å². The first-order chi connectivity index (χ1) is 10.2. The average Bonchev–Trinajstić information content (AvgIpc) is 2.53. The number of alkyl halides is 1. The minimum absolute atomic E-state index is 0.0399. The Bertz CT molecular complexity index is 635. The zero-order valence-corrected chi connectivity index (χ0v) is 13.0. The van der Waals surface area contributed by atoms with Gasteiger partial charge in [-0.25, -0.2) is 4.98 Å². The van der Waals surface area contributed by atoms with Crippen molar-refractivity contribution in [3.05, 3.63) is 30.5 Å². The van der Waals surface area contributed by atoms with E-state index in [2.05, 4.69) is 22.9 Å². The lowest BCUT2D eigenvalue weighted by Crippen LogP contribution is -2.47. The number of anilines is 1. The molecule has 1 aliphatic rings. The molecule has 0 radical (unpaired) electrons. The highest BCUT2D eigenvalue weighted by Crippen LogP contribution is 2.30. The Balaban J connectivity index is 2.02. The molecule has 0 amide bonds. The van der Waals surface area contributed by atoms with E-state index >= 15 is 0 Å². The second-order valence-electron chi connectivity index (χ2n) is 5.35. The molecule has 0 saturated carbocycles. The van der Waals surface area contributed by atoms with Gasteiger partial charge in [0.1, 0.15) is 11.6 Å². The molecule has 3 rings (SSSR count). The summed E-state index contributed by atoms with van der Waals surface area (Å²) in [7, 11) is 1.68. The Morgan fingerprint density at radius 3 is 3.00 bits per heavy atom. The highest BCUT2D eigenvalue weighted by atomic mass is 35.5. The van der Waals surface area contributed by atoms with Crippen molar-refractivity contribution in [3.63, 3.8) is 0 Å². The number of hydrogen-bond donors (Lipinski definition) is 0. The van der Waals surface area contributed by atoms with Gasteiger partial charge in [0.2, 0.25) is 0 Å². The number of halogens is 1. The average molecular weight is 307 g/mol. The van der Waals surface area contributed by atoms with Crippen molar-refractivity contribution in [2.75, 3.05) is 31.0 Å². The highest BCUT2D eigenvalue weighted by molar-refractivity contribution is 6.18. The second kappa shape index (κ2) is 6.08. The van der Waals surface area contributed by atoms with Gasteiger partial charge in [-0.15, -0.1) is 11.6 Å². The molecular formula is C16H19ClN2O2. The molecule has 5 heteroatoms. The molecule has 0 N–H and O–H groups in total. The summed E-state index contributed by atoms with van der Waals surface area (Å²) in [4.78, 5) is 6.83. The van der Waals surface area contributed by atoms with E-state index in [1.165, 1.54) is 0 Å². The van der Waals surface area contributed by atoms with Crippen LogP contribution < -0.4 is 9.64 Å². The number of morpholine rings is 1. The third-order valence-corrected chi connectivity index (χ3v) is 4.09. The molecule has 1 saturated heterocycles. The number of benzene rings is 1. The molecule has 1 aromatic heterocycles. The second-order valence-corrected chi connectivity index (χ2v) is 5.66. The fraction of sp³-hybridized carbons (Fsp3) is 0.438. The highest BCUT2D eigenvalue weighted by Gasteiger charge is 2.26. The van der Waals surface area contributed by atoms with Gasteiger partial charge in [-0.3, -0.25) is 0 Å². The zero-order chi connectivity index (χ0) is 14.8. The van der Waals surface area contributed by atoms with Crippen molar-refractivity contribution in [2.24, 2.45) is 0 Å². The van der Waals surface area contributed by atoms with Crippen LogP contribution in [0.1, 0.15) is 6.92 Å². The van der Waals surface area contributed by atoms with Crippen molar-refractivity contribution >= 4 is 28.2 Å². The number of aromatic nitrogens is 1. The molecule has 2 atom stereocenters. The predicted molar refractivity (Wildman–Crippen MR) is 85.6 cm³/mol. The Labute approximate surface area is 129 Å². The molecule has 0 spiro atoms. The number of rotatable bonds is 3. The monoisotopic (exact) mass is 306 g/mol. The number of nitrogens with zero attached hydrogens (tertiary/aromatic N) is 2. The summed E-state index contributed by atoms with van der Waals surface area (Å²) in [5, 5.41) is 2.25. The molecule has 112 valence electrons. The maximum absolute atomic E-state index is 5.97. The smallest absolute Gasteiger partial charge is 0.136 e. The molecule has 21 heavy (non-hydrogen) atoms. The van der Waals surface area contributed by atoms with Gasteiger partial charge in [0.25, 0.3) is 0 Å². The quantitative estimate of drug-likeness (QED) is 0.816. The van der Waals surface area contributed by atoms with Gasteiger partial charge in [-0.05, 0) is 30.5 Å². The summed E-state index contributed by atoms with van der Waals surface area (Å²) in [6, 6.07) is 8.08. The Kier molecular flexibility index (Phi) is 4.17. The van der Waals surface area contributed by atoms with Crippen LogP contribution in [-0.4, -0.2) is 43.3 Å². The number of pyridine rings is 1. The maximum atomic E-state index is 5.97. The van der Waals surface area contributed by atoms with Gasteiger partial charge in [-0.1, -0.05) is 6.07 Å². The fourth-order valence-electron chi connectivity index (χ4n) is 2.81. The Hall–Kier alpha value is -1.52. The van der Waals surface area contributed by atoms with Crippen molar-refractivity contribution in [3.8, 4) is 5.75 Å². The first-order valence-corrected chi connectivity index (χ1v) is 7.64. The largest absolute Gasteiger partial charge is 0.497 e. The summed E-state index contributed by atoms with van der Waals surface area (Å²) in [6.45, 7) is 3.64. The van der Waals surface area contributed by atoms with Gasteiger partial charge in [0.15, 0.2) is 0 Å². The van der Waals surface area contributed by atoms with Crippen LogP contribution in [0, 0.1) is 0 Å².